The Morgan fingerprint density at radius 2 is 1.94 bits per heavy atom. The Labute approximate surface area is 108 Å². The van der Waals surface area contributed by atoms with Gasteiger partial charge in [-0.25, -0.2) is 4.39 Å². The van der Waals surface area contributed by atoms with Crippen LogP contribution in [0.4, 0.5) is 10.1 Å². The maximum absolute atomic E-state index is 12.7. The molecule has 0 saturated heterocycles. The van der Waals surface area contributed by atoms with Gasteiger partial charge in [-0.05, 0) is 37.6 Å². The van der Waals surface area contributed by atoms with E-state index in [4.69, 9.17) is 0 Å². The molecule has 4 heteroatoms. The Morgan fingerprint density at radius 1 is 1.28 bits per heavy atom. The Morgan fingerprint density at radius 3 is 2.56 bits per heavy atom. The third-order valence-electron chi connectivity index (χ3n) is 2.70. The zero-order valence-corrected chi connectivity index (χ0v) is 11.0. The zero-order chi connectivity index (χ0) is 13.4. The van der Waals surface area contributed by atoms with Gasteiger partial charge in [0, 0.05) is 12.2 Å². The van der Waals surface area contributed by atoms with Crippen molar-refractivity contribution in [1.82, 2.24) is 5.32 Å². The van der Waals surface area contributed by atoms with Crippen molar-refractivity contribution < 1.29 is 9.18 Å². The summed E-state index contributed by atoms with van der Waals surface area (Å²) in [7, 11) is 0. The highest BCUT2D eigenvalue weighted by Gasteiger charge is 2.11. The zero-order valence-electron chi connectivity index (χ0n) is 11.0. The molecule has 1 unspecified atom stereocenters. The standard InChI is InChI=1S/C14H21FN2O/c1-3-4-5-10-16-14(18)11(2)17-13-8-6-12(15)7-9-13/h6-9,11,17H,3-5,10H2,1-2H3,(H,16,18). The van der Waals surface area contributed by atoms with Gasteiger partial charge in [0.1, 0.15) is 11.9 Å². The van der Waals surface area contributed by atoms with Crippen LogP contribution in [0, 0.1) is 5.82 Å². The van der Waals surface area contributed by atoms with E-state index in [9.17, 15) is 9.18 Å². The number of benzene rings is 1. The summed E-state index contributed by atoms with van der Waals surface area (Å²) < 4.78 is 12.7. The summed E-state index contributed by atoms with van der Waals surface area (Å²) in [6.45, 7) is 4.63. The minimum absolute atomic E-state index is 0.0320. The topological polar surface area (TPSA) is 41.1 Å². The lowest BCUT2D eigenvalue weighted by Gasteiger charge is -2.15. The monoisotopic (exact) mass is 252 g/mol. The second kappa shape index (κ2) is 7.69. The lowest BCUT2D eigenvalue weighted by molar-refractivity contribution is -0.121. The van der Waals surface area contributed by atoms with Crippen LogP contribution in [-0.4, -0.2) is 18.5 Å². The molecule has 0 aliphatic heterocycles. The minimum Gasteiger partial charge on any atom is -0.374 e. The molecule has 0 aliphatic carbocycles. The van der Waals surface area contributed by atoms with E-state index in [2.05, 4.69) is 17.6 Å². The molecular formula is C14H21FN2O. The number of anilines is 1. The van der Waals surface area contributed by atoms with E-state index in [1.54, 1.807) is 19.1 Å². The van der Waals surface area contributed by atoms with Crippen LogP contribution < -0.4 is 10.6 Å². The van der Waals surface area contributed by atoms with E-state index in [0.717, 1.165) is 24.9 Å². The molecule has 1 amide bonds. The number of amides is 1. The first-order chi connectivity index (χ1) is 8.63. The van der Waals surface area contributed by atoms with Crippen molar-refractivity contribution in [2.24, 2.45) is 0 Å². The number of rotatable bonds is 7. The third kappa shape index (κ3) is 5.17. The van der Waals surface area contributed by atoms with E-state index >= 15 is 0 Å². The van der Waals surface area contributed by atoms with Gasteiger partial charge < -0.3 is 10.6 Å². The van der Waals surface area contributed by atoms with Crippen molar-refractivity contribution in [3.05, 3.63) is 30.1 Å². The van der Waals surface area contributed by atoms with Gasteiger partial charge in [-0.3, -0.25) is 4.79 Å². The number of unbranched alkanes of at least 4 members (excludes halogenated alkanes) is 2. The average molecular weight is 252 g/mol. The highest BCUT2D eigenvalue weighted by Crippen LogP contribution is 2.09. The molecule has 18 heavy (non-hydrogen) atoms. The van der Waals surface area contributed by atoms with Gasteiger partial charge in [0.05, 0.1) is 0 Å². The van der Waals surface area contributed by atoms with Crippen LogP contribution >= 0.6 is 0 Å². The molecule has 3 nitrogen and oxygen atoms in total. The normalized spacial score (nSPS) is 11.9. The first-order valence-electron chi connectivity index (χ1n) is 6.43. The van der Waals surface area contributed by atoms with Gasteiger partial charge in [0.15, 0.2) is 0 Å². The Bertz CT molecular complexity index is 365. The van der Waals surface area contributed by atoms with E-state index in [1.807, 2.05) is 0 Å². The highest BCUT2D eigenvalue weighted by atomic mass is 19.1. The third-order valence-corrected chi connectivity index (χ3v) is 2.70. The van der Waals surface area contributed by atoms with Crippen LogP contribution in [0.5, 0.6) is 0 Å². The van der Waals surface area contributed by atoms with E-state index in [0.29, 0.717) is 6.54 Å². The van der Waals surface area contributed by atoms with Gasteiger partial charge in [0.25, 0.3) is 0 Å². The van der Waals surface area contributed by atoms with Gasteiger partial charge in [0.2, 0.25) is 5.91 Å². The molecule has 1 aromatic carbocycles. The fourth-order valence-corrected chi connectivity index (χ4v) is 1.60. The number of halogens is 1. The Hall–Kier alpha value is -1.58. The summed E-state index contributed by atoms with van der Waals surface area (Å²) in [5.74, 6) is -0.312. The van der Waals surface area contributed by atoms with Gasteiger partial charge in [-0.1, -0.05) is 19.8 Å². The molecule has 0 bridgehead atoms. The molecular weight excluding hydrogens is 231 g/mol. The lowest BCUT2D eigenvalue weighted by atomic mass is 10.2. The maximum Gasteiger partial charge on any atom is 0.242 e. The Balaban J connectivity index is 2.33. The second-order valence-corrected chi connectivity index (χ2v) is 4.37. The molecule has 0 fully saturated rings. The van der Waals surface area contributed by atoms with Gasteiger partial charge in [-0.15, -0.1) is 0 Å². The lowest BCUT2D eigenvalue weighted by Crippen LogP contribution is -2.38. The first-order valence-corrected chi connectivity index (χ1v) is 6.43. The molecule has 0 aliphatic rings. The molecule has 0 heterocycles. The molecule has 1 aromatic rings. The second-order valence-electron chi connectivity index (χ2n) is 4.37. The van der Waals surface area contributed by atoms with Crippen molar-refractivity contribution >= 4 is 11.6 Å². The molecule has 1 atom stereocenters. The van der Waals surface area contributed by atoms with Crippen LogP contribution in [0.25, 0.3) is 0 Å². The van der Waals surface area contributed by atoms with Crippen molar-refractivity contribution in [2.45, 2.75) is 39.2 Å². The number of hydrogen-bond donors (Lipinski definition) is 2. The largest absolute Gasteiger partial charge is 0.374 e. The molecule has 2 N–H and O–H groups in total. The smallest absolute Gasteiger partial charge is 0.242 e. The van der Waals surface area contributed by atoms with Gasteiger partial charge in [-0.2, -0.15) is 0 Å². The van der Waals surface area contributed by atoms with Crippen LogP contribution in [0.1, 0.15) is 33.1 Å². The summed E-state index contributed by atoms with van der Waals surface area (Å²) >= 11 is 0. The number of nitrogens with one attached hydrogen (secondary N) is 2. The summed E-state index contributed by atoms with van der Waals surface area (Å²) in [6.07, 6.45) is 3.27. The molecule has 1 rings (SSSR count). The van der Waals surface area contributed by atoms with E-state index < -0.39 is 0 Å². The molecule has 0 radical (unpaired) electrons. The SMILES string of the molecule is CCCCCNC(=O)C(C)Nc1ccc(F)cc1. The number of carbonyl (C=O) groups is 1. The van der Waals surface area contributed by atoms with Crippen LogP contribution in [-0.2, 0) is 4.79 Å². The summed E-state index contributed by atoms with van der Waals surface area (Å²) in [5.41, 5.74) is 0.743. The minimum atomic E-state index is -0.322. The predicted molar refractivity (Wildman–Crippen MR) is 72.0 cm³/mol. The summed E-state index contributed by atoms with van der Waals surface area (Å²) in [4.78, 5) is 11.7. The fraction of sp³-hybridized carbons (Fsp3) is 0.500. The Kier molecular flexibility index (Phi) is 6.19. The van der Waals surface area contributed by atoms with E-state index in [1.165, 1.54) is 12.1 Å². The van der Waals surface area contributed by atoms with Crippen LogP contribution in [0.2, 0.25) is 0 Å². The average Bonchev–Trinajstić information content (AvgIpc) is 2.37. The summed E-state index contributed by atoms with van der Waals surface area (Å²) in [5, 5.41) is 5.90. The van der Waals surface area contributed by atoms with Crippen LogP contribution in [0.3, 0.4) is 0 Å². The summed E-state index contributed by atoms with van der Waals surface area (Å²) in [6, 6.07) is 5.66. The molecule has 0 aromatic heterocycles. The fourth-order valence-electron chi connectivity index (χ4n) is 1.60. The predicted octanol–water partition coefficient (Wildman–Crippen LogP) is 2.93. The molecule has 0 saturated carbocycles. The highest BCUT2D eigenvalue weighted by molar-refractivity contribution is 5.84. The quantitative estimate of drug-likeness (QED) is 0.733. The van der Waals surface area contributed by atoms with E-state index in [-0.39, 0.29) is 17.8 Å². The molecule has 0 spiro atoms. The number of hydrogen-bond acceptors (Lipinski definition) is 2. The van der Waals surface area contributed by atoms with Gasteiger partial charge >= 0.3 is 0 Å². The molecule has 100 valence electrons. The van der Waals surface area contributed by atoms with Crippen molar-refractivity contribution in [2.75, 3.05) is 11.9 Å². The van der Waals surface area contributed by atoms with Crippen molar-refractivity contribution in [1.29, 1.82) is 0 Å². The maximum atomic E-state index is 12.7. The first kappa shape index (κ1) is 14.5. The van der Waals surface area contributed by atoms with Crippen molar-refractivity contribution in [3.63, 3.8) is 0 Å². The van der Waals surface area contributed by atoms with Crippen LogP contribution in [0.15, 0.2) is 24.3 Å². The van der Waals surface area contributed by atoms with Crippen molar-refractivity contribution in [3.8, 4) is 0 Å². The number of carbonyl (C=O) groups excluding carboxylic acids is 1.